The average Bonchev–Trinajstić information content (AvgIpc) is 3.31. The molecule has 5 nitrogen and oxygen atoms in total. The highest BCUT2D eigenvalue weighted by Gasteiger charge is 2.28. The second-order valence-corrected chi connectivity index (χ2v) is 6.14. The molecule has 4 rings (SSSR count). The van der Waals surface area contributed by atoms with Gasteiger partial charge in [0.25, 0.3) is 11.6 Å². The van der Waals surface area contributed by atoms with E-state index >= 15 is 0 Å². The fraction of sp³-hybridized carbons (Fsp3) is 0.278. The number of aromatic nitrogens is 2. The van der Waals surface area contributed by atoms with E-state index in [0.717, 1.165) is 29.8 Å². The number of anilines is 1. The largest absolute Gasteiger partial charge is 0.336 e. The topological polar surface area (TPSA) is 68.0 Å². The molecule has 1 saturated carbocycles. The molecular formula is C18H17N3O2. The highest BCUT2D eigenvalue weighted by molar-refractivity contribution is 6.12. The van der Waals surface area contributed by atoms with E-state index in [4.69, 9.17) is 4.52 Å². The van der Waals surface area contributed by atoms with Crippen molar-refractivity contribution in [1.29, 1.82) is 0 Å². The van der Waals surface area contributed by atoms with Gasteiger partial charge in [-0.1, -0.05) is 17.3 Å². The van der Waals surface area contributed by atoms with Crippen molar-refractivity contribution in [3.8, 4) is 0 Å². The van der Waals surface area contributed by atoms with Crippen LogP contribution in [0.15, 0.2) is 34.9 Å². The number of pyridine rings is 1. The van der Waals surface area contributed by atoms with Gasteiger partial charge in [0.05, 0.1) is 16.6 Å². The lowest BCUT2D eigenvalue weighted by Gasteiger charge is -2.08. The molecule has 0 unspecified atom stereocenters. The van der Waals surface area contributed by atoms with Gasteiger partial charge in [-0.2, -0.15) is 0 Å². The van der Waals surface area contributed by atoms with Crippen LogP contribution in [0.5, 0.6) is 0 Å². The molecule has 1 fully saturated rings. The lowest BCUT2D eigenvalue weighted by molar-refractivity contribution is 0.102. The summed E-state index contributed by atoms with van der Waals surface area (Å²) in [6.45, 7) is 3.82. The van der Waals surface area contributed by atoms with Crippen LogP contribution in [0.25, 0.3) is 11.1 Å². The maximum Gasteiger partial charge on any atom is 0.259 e. The Labute approximate surface area is 133 Å². The van der Waals surface area contributed by atoms with Crippen molar-refractivity contribution in [2.24, 2.45) is 0 Å². The molecule has 3 aromatic rings. The van der Waals surface area contributed by atoms with Crippen LogP contribution in [0.4, 0.5) is 5.69 Å². The van der Waals surface area contributed by atoms with Crippen LogP contribution in [0.3, 0.4) is 0 Å². The van der Waals surface area contributed by atoms with Gasteiger partial charge in [0, 0.05) is 17.3 Å². The SMILES string of the molecule is Cc1cccc(NC(=O)c2cc(C3CC3)nc3onc(C)c23)c1. The number of nitrogens with zero attached hydrogens (tertiary/aromatic N) is 2. The molecule has 2 aromatic heterocycles. The van der Waals surface area contributed by atoms with Gasteiger partial charge in [0.2, 0.25) is 0 Å². The number of nitrogens with one attached hydrogen (secondary N) is 1. The molecule has 0 spiro atoms. The van der Waals surface area contributed by atoms with Crippen LogP contribution in [0.2, 0.25) is 0 Å². The van der Waals surface area contributed by atoms with Gasteiger partial charge in [-0.15, -0.1) is 0 Å². The molecule has 5 heteroatoms. The molecule has 1 aromatic carbocycles. The lowest BCUT2D eigenvalue weighted by atomic mass is 10.1. The first-order valence-electron chi connectivity index (χ1n) is 7.77. The molecule has 0 bridgehead atoms. The van der Waals surface area contributed by atoms with E-state index in [1.807, 2.05) is 44.2 Å². The average molecular weight is 307 g/mol. The minimum Gasteiger partial charge on any atom is -0.336 e. The molecular weight excluding hydrogens is 290 g/mol. The van der Waals surface area contributed by atoms with Crippen molar-refractivity contribution in [2.45, 2.75) is 32.6 Å². The van der Waals surface area contributed by atoms with Crippen molar-refractivity contribution in [1.82, 2.24) is 10.1 Å². The molecule has 1 aliphatic rings. The summed E-state index contributed by atoms with van der Waals surface area (Å²) in [5.41, 5.74) is 4.51. The number of hydrogen-bond acceptors (Lipinski definition) is 4. The van der Waals surface area contributed by atoms with Gasteiger partial charge < -0.3 is 9.84 Å². The number of carbonyl (C=O) groups excluding carboxylic acids is 1. The van der Waals surface area contributed by atoms with Crippen molar-refractivity contribution >= 4 is 22.7 Å². The first kappa shape index (κ1) is 13.9. The molecule has 1 aliphatic carbocycles. The van der Waals surface area contributed by atoms with Crippen LogP contribution in [0, 0.1) is 13.8 Å². The Morgan fingerprint density at radius 3 is 2.83 bits per heavy atom. The van der Waals surface area contributed by atoms with Crippen molar-refractivity contribution < 1.29 is 9.32 Å². The zero-order valence-electron chi connectivity index (χ0n) is 13.1. The van der Waals surface area contributed by atoms with Gasteiger partial charge in [0.1, 0.15) is 0 Å². The number of rotatable bonds is 3. The zero-order valence-corrected chi connectivity index (χ0v) is 13.1. The summed E-state index contributed by atoms with van der Waals surface area (Å²) in [7, 11) is 0. The third kappa shape index (κ3) is 2.59. The molecule has 116 valence electrons. The summed E-state index contributed by atoms with van der Waals surface area (Å²) in [5.74, 6) is 0.284. The maximum absolute atomic E-state index is 12.8. The molecule has 23 heavy (non-hydrogen) atoms. The first-order valence-corrected chi connectivity index (χ1v) is 7.77. The van der Waals surface area contributed by atoms with Crippen LogP contribution in [-0.4, -0.2) is 16.0 Å². The predicted octanol–water partition coefficient (Wildman–Crippen LogP) is 3.97. The van der Waals surface area contributed by atoms with E-state index in [1.54, 1.807) is 0 Å². The Kier molecular flexibility index (Phi) is 3.15. The van der Waals surface area contributed by atoms with E-state index in [-0.39, 0.29) is 5.91 Å². The van der Waals surface area contributed by atoms with Crippen LogP contribution >= 0.6 is 0 Å². The molecule has 0 radical (unpaired) electrons. The fourth-order valence-corrected chi connectivity index (χ4v) is 2.80. The number of hydrogen-bond donors (Lipinski definition) is 1. The second-order valence-electron chi connectivity index (χ2n) is 6.14. The van der Waals surface area contributed by atoms with Crippen molar-refractivity contribution in [3.63, 3.8) is 0 Å². The summed E-state index contributed by atoms with van der Waals surface area (Å²) >= 11 is 0. The Morgan fingerprint density at radius 2 is 2.09 bits per heavy atom. The summed E-state index contributed by atoms with van der Waals surface area (Å²) in [6, 6.07) is 9.63. The quantitative estimate of drug-likeness (QED) is 0.795. The summed E-state index contributed by atoms with van der Waals surface area (Å²) in [4.78, 5) is 17.3. The third-order valence-corrected chi connectivity index (χ3v) is 4.15. The number of fused-ring (bicyclic) bond motifs is 1. The van der Waals surface area contributed by atoms with Gasteiger partial charge in [-0.3, -0.25) is 4.79 Å². The lowest BCUT2D eigenvalue weighted by Crippen LogP contribution is -2.13. The number of carbonyl (C=O) groups is 1. The van der Waals surface area contributed by atoms with Gasteiger partial charge in [0.15, 0.2) is 0 Å². The summed E-state index contributed by atoms with van der Waals surface area (Å²) < 4.78 is 5.29. The Balaban J connectivity index is 1.77. The van der Waals surface area contributed by atoms with Crippen molar-refractivity contribution in [3.05, 3.63) is 52.8 Å². The van der Waals surface area contributed by atoms with Crippen LogP contribution in [-0.2, 0) is 0 Å². The Hall–Kier alpha value is -2.69. The predicted molar refractivity (Wildman–Crippen MR) is 87.6 cm³/mol. The van der Waals surface area contributed by atoms with E-state index < -0.39 is 0 Å². The number of benzene rings is 1. The van der Waals surface area contributed by atoms with Crippen LogP contribution < -0.4 is 5.32 Å². The number of aryl methyl sites for hydroxylation is 2. The normalized spacial score (nSPS) is 14.2. The van der Waals surface area contributed by atoms with Gasteiger partial charge >= 0.3 is 0 Å². The first-order chi connectivity index (χ1) is 11.1. The van der Waals surface area contributed by atoms with E-state index in [0.29, 0.717) is 28.3 Å². The zero-order chi connectivity index (χ0) is 16.0. The van der Waals surface area contributed by atoms with E-state index in [1.165, 1.54) is 0 Å². The highest BCUT2D eigenvalue weighted by Crippen LogP contribution is 2.40. The molecule has 1 amide bonds. The Bertz CT molecular complexity index is 910. The maximum atomic E-state index is 12.8. The molecule has 2 heterocycles. The van der Waals surface area contributed by atoms with E-state index in [2.05, 4.69) is 15.5 Å². The van der Waals surface area contributed by atoms with Gasteiger partial charge in [-0.25, -0.2) is 4.98 Å². The third-order valence-electron chi connectivity index (χ3n) is 4.15. The molecule has 0 atom stereocenters. The standard InChI is InChI=1S/C18H17N3O2/c1-10-4-3-5-13(8-10)19-17(22)14-9-15(12-6-7-12)20-18-16(14)11(2)21-23-18/h3-5,8-9,12H,6-7H2,1-2H3,(H,19,22). The van der Waals surface area contributed by atoms with Crippen LogP contribution in [0.1, 0.15) is 46.1 Å². The van der Waals surface area contributed by atoms with Gasteiger partial charge in [-0.05, 0) is 50.5 Å². The summed E-state index contributed by atoms with van der Waals surface area (Å²) in [5, 5.41) is 7.62. The minimum atomic E-state index is -0.156. The van der Waals surface area contributed by atoms with Crippen molar-refractivity contribution in [2.75, 3.05) is 5.32 Å². The summed E-state index contributed by atoms with van der Waals surface area (Å²) in [6.07, 6.45) is 2.23. The highest BCUT2D eigenvalue weighted by atomic mass is 16.5. The smallest absolute Gasteiger partial charge is 0.259 e. The molecule has 0 saturated heterocycles. The Morgan fingerprint density at radius 1 is 1.26 bits per heavy atom. The molecule has 0 aliphatic heterocycles. The minimum absolute atomic E-state index is 0.156. The number of amides is 1. The second kappa shape index (κ2) is 5.19. The molecule has 1 N–H and O–H groups in total. The monoisotopic (exact) mass is 307 g/mol. The fourth-order valence-electron chi connectivity index (χ4n) is 2.80. The van der Waals surface area contributed by atoms with E-state index in [9.17, 15) is 4.79 Å².